The number of carbonyl (C=O) groups excluding carboxylic acids is 1. The van der Waals surface area contributed by atoms with Gasteiger partial charge in [0.1, 0.15) is 5.69 Å². The van der Waals surface area contributed by atoms with Crippen LogP contribution in [-0.2, 0) is 6.54 Å². The minimum Gasteiger partial charge on any atom is -0.306 e. The predicted octanol–water partition coefficient (Wildman–Crippen LogP) is 0.0686. The molecule has 6 nitrogen and oxygen atoms in total. The summed E-state index contributed by atoms with van der Waals surface area (Å²) in [6.45, 7) is 4.14. The molecular formula is C14H23N5O. The lowest BCUT2D eigenvalue weighted by Crippen LogP contribution is -2.31. The zero-order chi connectivity index (χ0) is 14.5. The molecule has 1 atom stereocenters. The Morgan fingerprint density at radius 3 is 3.05 bits per heavy atom. The normalized spacial score (nSPS) is 19.5. The Morgan fingerprint density at radius 1 is 1.60 bits per heavy atom. The summed E-state index contributed by atoms with van der Waals surface area (Å²) in [5.74, 6) is 5.49. The Hall–Kier alpha value is -1.50. The number of hydrazine groups is 1. The van der Waals surface area contributed by atoms with E-state index >= 15 is 0 Å². The molecule has 2 rings (SSSR count). The van der Waals surface area contributed by atoms with E-state index in [2.05, 4.69) is 34.3 Å². The minimum atomic E-state index is -0.355. The van der Waals surface area contributed by atoms with Crippen LogP contribution in [0.3, 0.4) is 0 Å². The van der Waals surface area contributed by atoms with Crippen molar-refractivity contribution in [3.8, 4) is 0 Å². The number of nitrogen functional groups attached to an aromatic ring is 1. The Morgan fingerprint density at radius 2 is 2.40 bits per heavy atom. The molecule has 0 bridgehead atoms. The Balaban J connectivity index is 1.90. The maximum absolute atomic E-state index is 11.4. The molecule has 6 heteroatoms. The van der Waals surface area contributed by atoms with Crippen LogP contribution in [0.5, 0.6) is 0 Å². The highest BCUT2D eigenvalue weighted by molar-refractivity contribution is 5.91. The fraction of sp³-hybridized carbons (Fsp3) is 0.571. The van der Waals surface area contributed by atoms with Crippen molar-refractivity contribution < 1.29 is 4.79 Å². The fourth-order valence-electron chi connectivity index (χ4n) is 2.73. The average Bonchev–Trinajstić information content (AvgIpc) is 2.83. The summed E-state index contributed by atoms with van der Waals surface area (Å²) in [5, 5.41) is 0. The third-order valence-corrected chi connectivity index (χ3v) is 3.66. The molecule has 3 N–H and O–H groups in total. The molecule has 1 aliphatic heterocycles. The van der Waals surface area contributed by atoms with Crippen molar-refractivity contribution in [2.75, 3.05) is 33.7 Å². The molecular weight excluding hydrogens is 254 g/mol. The first kappa shape index (κ1) is 14.9. The van der Waals surface area contributed by atoms with Gasteiger partial charge in [-0.05, 0) is 45.1 Å². The molecule has 0 saturated carbocycles. The van der Waals surface area contributed by atoms with Gasteiger partial charge >= 0.3 is 0 Å². The number of aromatic nitrogens is 1. The van der Waals surface area contributed by atoms with Crippen molar-refractivity contribution in [3.05, 3.63) is 29.6 Å². The highest BCUT2D eigenvalue weighted by Gasteiger charge is 2.20. The second-order valence-electron chi connectivity index (χ2n) is 5.60. The molecule has 0 spiro atoms. The number of rotatable bonds is 5. The third kappa shape index (κ3) is 4.00. The maximum atomic E-state index is 11.4. The summed E-state index contributed by atoms with van der Waals surface area (Å²) in [7, 11) is 4.26. The largest absolute Gasteiger partial charge is 0.306 e. The Bertz CT molecular complexity index is 465. The van der Waals surface area contributed by atoms with Crippen molar-refractivity contribution in [3.63, 3.8) is 0 Å². The molecule has 1 unspecified atom stereocenters. The van der Waals surface area contributed by atoms with E-state index in [4.69, 9.17) is 5.84 Å². The Kier molecular flexibility index (Phi) is 5.05. The van der Waals surface area contributed by atoms with Gasteiger partial charge in [-0.1, -0.05) is 6.07 Å². The van der Waals surface area contributed by atoms with Crippen LogP contribution in [0.4, 0.5) is 0 Å². The van der Waals surface area contributed by atoms with E-state index < -0.39 is 0 Å². The molecule has 1 amide bonds. The zero-order valence-corrected chi connectivity index (χ0v) is 12.2. The third-order valence-electron chi connectivity index (χ3n) is 3.66. The van der Waals surface area contributed by atoms with Crippen molar-refractivity contribution in [2.45, 2.75) is 13.0 Å². The predicted molar refractivity (Wildman–Crippen MR) is 77.8 cm³/mol. The summed E-state index contributed by atoms with van der Waals surface area (Å²) in [6.07, 6.45) is 1.25. The first-order valence-corrected chi connectivity index (χ1v) is 6.92. The molecule has 2 heterocycles. The van der Waals surface area contributed by atoms with E-state index in [0.717, 1.165) is 31.2 Å². The van der Waals surface area contributed by atoms with Crippen LogP contribution in [0.2, 0.25) is 0 Å². The maximum Gasteiger partial charge on any atom is 0.283 e. The molecule has 20 heavy (non-hydrogen) atoms. The lowest BCUT2D eigenvalue weighted by atomic mass is 10.1. The summed E-state index contributed by atoms with van der Waals surface area (Å²) in [4.78, 5) is 20.4. The molecule has 110 valence electrons. The van der Waals surface area contributed by atoms with Crippen LogP contribution in [-0.4, -0.2) is 54.4 Å². The van der Waals surface area contributed by atoms with E-state index in [1.807, 2.05) is 12.1 Å². The number of nitrogens with zero attached hydrogens (tertiary/aromatic N) is 3. The van der Waals surface area contributed by atoms with Crippen LogP contribution < -0.4 is 11.3 Å². The van der Waals surface area contributed by atoms with E-state index in [0.29, 0.717) is 5.69 Å². The number of likely N-dealkylation sites (tertiary alicyclic amines) is 1. The quantitative estimate of drug-likeness (QED) is 0.452. The van der Waals surface area contributed by atoms with Gasteiger partial charge in [-0.3, -0.25) is 10.2 Å². The molecule has 1 saturated heterocycles. The number of nitrogens with two attached hydrogens (primary N) is 1. The molecule has 1 aromatic heterocycles. The molecule has 0 aliphatic carbocycles. The second kappa shape index (κ2) is 6.78. The SMILES string of the molecule is CN1CCC(CN(C)Cc2cccc(C(=O)NN)n2)C1. The van der Waals surface area contributed by atoms with Gasteiger partial charge in [-0.2, -0.15) is 0 Å². The lowest BCUT2D eigenvalue weighted by Gasteiger charge is -2.20. The average molecular weight is 277 g/mol. The highest BCUT2D eigenvalue weighted by atomic mass is 16.2. The molecule has 0 aromatic carbocycles. The zero-order valence-electron chi connectivity index (χ0n) is 12.2. The van der Waals surface area contributed by atoms with E-state index in [1.54, 1.807) is 6.07 Å². The molecule has 1 fully saturated rings. The topological polar surface area (TPSA) is 74.5 Å². The molecule has 1 aliphatic rings. The summed E-state index contributed by atoms with van der Waals surface area (Å²) >= 11 is 0. The smallest absolute Gasteiger partial charge is 0.283 e. The fourth-order valence-corrected chi connectivity index (χ4v) is 2.73. The molecule has 0 radical (unpaired) electrons. The van der Waals surface area contributed by atoms with Gasteiger partial charge in [0, 0.05) is 19.6 Å². The number of carbonyl (C=O) groups is 1. The van der Waals surface area contributed by atoms with E-state index in [1.165, 1.54) is 13.0 Å². The van der Waals surface area contributed by atoms with Gasteiger partial charge in [-0.25, -0.2) is 10.8 Å². The van der Waals surface area contributed by atoms with Gasteiger partial charge < -0.3 is 9.80 Å². The number of amides is 1. The first-order valence-electron chi connectivity index (χ1n) is 6.92. The van der Waals surface area contributed by atoms with Crippen LogP contribution >= 0.6 is 0 Å². The second-order valence-corrected chi connectivity index (χ2v) is 5.60. The van der Waals surface area contributed by atoms with Crippen molar-refractivity contribution >= 4 is 5.91 Å². The Labute approximate surface area is 119 Å². The molecule has 1 aromatic rings. The van der Waals surface area contributed by atoms with Crippen LogP contribution in [0.15, 0.2) is 18.2 Å². The highest BCUT2D eigenvalue weighted by Crippen LogP contribution is 2.16. The summed E-state index contributed by atoms with van der Waals surface area (Å²) in [6, 6.07) is 5.44. The number of hydrogen-bond acceptors (Lipinski definition) is 5. The van der Waals surface area contributed by atoms with Crippen molar-refractivity contribution in [2.24, 2.45) is 11.8 Å². The van der Waals surface area contributed by atoms with Gasteiger partial charge in [0.05, 0.1) is 5.69 Å². The summed E-state index contributed by atoms with van der Waals surface area (Å²) in [5.41, 5.74) is 3.35. The van der Waals surface area contributed by atoms with Crippen molar-refractivity contribution in [1.29, 1.82) is 0 Å². The number of nitrogens with one attached hydrogen (secondary N) is 1. The number of hydrogen-bond donors (Lipinski definition) is 2. The first-order chi connectivity index (χ1) is 9.58. The number of pyridine rings is 1. The van der Waals surface area contributed by atoms with E-state index in [9.17, 15) is 4.79 Å². The van der Waals surface area contributed by atoms with Crippen LogP contribution in [0.1, 0.15) is 22.6 Å². The van der Waals surface area contributed by atoms with Crippen molar-refractivity contribution in [1.82, 2.24) is 20.2 Å². The van der Waals surface area contributed by atoms with Gasteiger partial charge in [0.2, 0.25) is 0 Å². The summed E-state index contributed by atoms with van der Waals surface area (Å²) < 4.78 is 0. The van der Waals surface area contributed by atoms with Crippen LogP contribution in [0.25, 0.3) is 0 Å². The van der Waals surface area contributed by atoms with Gasteiger partial charge in [0.15, 0.2) is 0 Å². The van der Waals surface area contributed by atoms with Gasteiger partial charge in [0.25, 0.3) is 5.91 Å². The van der Waals surface area contributed by atoms with E-state index in [-0.39, 0.29) is 5.91 Å². The van der Waals surface area contributed by atoms with Gasteiger partial charge in [-0.15, -0.1) is 0 Å². The lowest BCUT2D eigenvalue weighted by molar-refractivity contribution is 0.0948. The minimum absolute atomic E-state index is 0.355. The van der Waals surface area contributed by atoms with Crippen LogP contribution in [0, 0.1) is 5.92 Å². The standard InChI is InChI=1S/C14H23N5O/c1-18-7-6-11(8-18)9-19(2)10-12-4-3-5-13(16-12)14(20)17-15/h3-5,11H,6-10,15H2,1-2H3,(H,17,20). The monoisotopic (exact) mass is 277 g/mol.